The first kappa shape index (κ1) is 24.8. The van der Waals surface area contributed by atoms with E-state index < -0.39 is 5.54 Å². The van der Waals surface area contributed by atoms with Crippen molar-refractivity contribution in [3.05, 3.63) is 59.3 Å². The molecule has 7 heteroatoms. The summed E-state index contributed by atoms with van der Waals surface area (Å²) in [4.78, 5) is 35.3. The maximum Gasteiger partial charge on any atom is 0.255 e. The molecule has 1 N–H and O–H groups in total. The van der Waals surface area contributed by atoms with Crippen LogP contribution in [0.2, 0.25) is 0 Å². The van der Waals surface area contributed by atoms with Gasteiger partial charge in [0.15, 0.2) is 17.0 Å². The normalized spacial score (nSPS) is 23.6. The third-order valence-electron chi connectivity index (χ3n) is 8.67. The van der Waals surface area contributed by atoms with Crippen LogP contribution < -0.4 is 9.47 Å². The van der Waals surface area contributed by atoms with Gasteiger partial charge < -0.3 is 24.3 Å². The zero-order valence-corrected chi connectivity index (χ0v) is 22.6. The smallest absolute Gasteiger partial charge is 0.255 e. The third-order valence-corrected chi connectivity index (χ3v) is 8.67. The maximum absolute atomic E-state index is 14.3. The summed E-state index contributed by atoms with van der Waals surface area (Å²) in [5.41, 5.74) is 2.90. The lowest BCUT2D eigenvalue weighted by molar-refractivity contribution is -0.168. The number of hydrogen-bond acceptors (Lipinski definition) is 4. The Bertz CT molecular complexity index is 1370. The Morgan fingerprint density at radius 1 is 1.03 bits per heavy atom. The SMILES string of the molecule is CCCOc1ccc(C2CN3C(=O)CN(C4CCCC4)C(=O)[C@]3(C)c3[nH]c4ccccc4c32)cc1OCC. The van der Waals surface area contributed by atoms with Gasteiger partial charge in [0.1, 0.15) is 6.54 Å². The van der Waals surface area contributed by atoms with Crippen LogP contribution in [-0.4, -0.2) is 58.9 Å². The largest absolute Gasteiger partial charge is 0.490 e. The Morgan fingerprint density at radius 2 is 1.82 bits per heavy atom. The molecule has 2 aromatic carbocycles. The second-order valence-corrected chi connectivity index (χ2v) is 10.9. The summed E-state index contributed by atoms with van der Waals surface area (Å²) >= 11 is 0. The maximum atomic E-state index is 14.3. The Morgan fingerprint density at radius 3 is 2.58 bits per heavy atom. The van der Waals surface area contributed by atoms with E-state index in [0.29, 0.717) is 25.5 Å². The van der Waals surface area contributed by atoms with Crippen LogP contribution in [0.4, 0.5) is 0 Å². The van der Waals surface area contributed by atoms with Gasteiger partial charge in [0.05, 0.1) is 18.9 Å². The van der Waals surface area contributed by atoms with Crippen LogP contribution in [-0.2, 0) is 15.1 Å². The molecule has 0 bridgehead atoms. The molecule has 6 rings (SSSR count). The molecule has 3 aliphatic rings. The molecule has 1 saturated heterocycles. The lowest BCUT2D eigenvalue weighted by atomic mass is 9.76. The van der Waals surface area contributed by atoms with Gasteiger partial charge in [-0.1, -0.05) is 44.0 Å². The minimum Gasteiger partial charge on any atom is -0.490 e. The molecule has 2 amide bonds. The molecule has 0 radical (unpaired) electrons. The number of aromatic nitrogens is 1. The molecular formula is C31H37N3O4. The van der Waals surface area contributed by atoms with E-state index in [4.69, 9.17) is 9.47 Å². The summed E-state index contributed by atoms with van der Waals surface area (Å²) in [5.74, 6) is 1.38. The van der Waals surface area contributed by atoms with Gasteiger partial charge in [-0.05, 0) is 62.4 Å². The lowest BCUT2D eigenvalue weighted by Crippen LogP contribution is -2.68. The molecule has 2 fully saturated rings. The molecule has 38 heavy (non-hydrogen) atoms. The van der Waals surface area contributed by atoms with Gasteiger partial charge in [-0.15, -0.1) is 0 Å². The number of piperazine rings is 1. The van der Waals surface area contributed by atoms with E-state index in [1.165, 1.54) is 0 Å². The molecule has 7 nitrogen and oxygen atoms in total. The summed E-state index contributed by atoms with van der Waals surface area (Å²) in [7, 11) is 0. The predicted molar refractivity (Wildman–Crippen MR) is 147 cm³/mol. The van der Waals surface area contributed by atoms with Crippen molar-refractivity contribution in [1.82, 2.24) is 14.8 Å². The van der Waals surface area contributed by atoms with Crippen LogP contribution in [0.1, 0.15) is 75.6 Å². The van der Waals surface area contributed by atoms with Crippen molar-refractivity contribution >= 4 is 22.7 Å². The zero-order chi connectivity index (χ0) is 26.4. The quantitative estimate of drug-likeness (QED) is 0.462. The number of amides is 2. The van der Waals surface area contributed by atoms with Crippen LogP contribution in [0.15, 0.2) is 42.5 Å². The van der Waals surface area contributed by atoms with Gasteiger partial charge in [0, 0.05) is 29.4 Å². The Hall–Kier alpha value is -3.48. The van der Waals surface area contributed by atoms with Crippen LogP contribution in [0, 0.1) is 0 Å². The summed E-state index contributed by atoms with van der Waals surface area (Å²) in [6.07, 6.45) is 5.09. The second kappa shape index (κ2) is 9.68. The van der Waals surface area contributed by atoms with Gasteiger partial charge in [-0.3, -0.25) is 9.59 Å². The van der Waals surface area contributed by atoms with E-state index >= 15 is 0 Å². The molecule has 3 aromatic rings. The highest BCUT2D eigenvalue weighted by Crippen LogP contribution is 2.49. The highest BCUT2D eigenvalue weighted by molar-refractivity contribution is 6.01. The third kappa shape index (κ3) is 3.77. The number of fused-ring (bicyclic) bond motifs is 5. The van der Waals surface area contributed by atoms with Crippen LogP contribution in [0.3, 0.4) is 0 Å². The van der Waals surface area contributed by atoms with Crippen molar-refractivity contribution in [2.45, 2.75) is 70.4 Å². The van der Waals surface area contributed by atoms with Crippen molar-refractivity contribution in [2.24, 2.45) is 0 Å². The average Bonchev–Trinajstić information content (AvgIpc) is 3.60. The number of hydrogen-bond donors (Lipinski definition) is 1. The Labute approximate surface area is 224 Å². The molecule has 1 aliphatic carbocycles. The van der Waals surface area contributed by atoms with E-state index in [1.54, 1.807) is 0 Å². The van der Waals surface area contributed by atoms with Gasteiger partial charge in [-0.2, -0.15) is 0 Å². The van der Waals surface area contributed by atoms with E-state index in [9.17, 15) is 9.59 Å². The number of ether oxygens (including phenoxy) is 2. The first-order chi connectivity index (χ1) is 18.5. The van der Waals surface area contributed by atoms with E-state index in [-0.39, 0.29) is 30.3 Å². The number of carbonyl (C=O) groups excluding carboxylic acids is 2. The topological polar surface area (TPSA) is 74.9 Å². The van der Waals surface area contributed by atoms with Crippen molar-refractivity contribution in [3.8, 4) is 11.5 Å². The Balaban J connectivity index is 1.50. The van der Waals surface area contributed by atoms with Crippen molar-refractivity contribution < 1.29 is 19.1 Å². The molecule has 3 heterocycles. The lowest BCUT2D eigenvalue weighted by Gasteiger charge is -2.52. The molecule has 1 unspecified atom stereocenters. The Kier molecular flexibility index (Phi) is 6.33. The minimum absolute atomic E-state index is 0.0150. The number of carbonyl (C=O) groups is 2. The van der Waals surface area contributed by atoms with Crippen LogP contribution in [0.5, 0.6) is 11.5 Å². The van der Waals surface area contributed by atoms with Crippen molar-refractivity contribution in [1.29, 1.82) is 0 Å². The zero-order valence-electron chi connectivity index (χ0n) is 22.6. The van der Waals surface area contributed by atoms with Crippen LogP contribution in [0.25, 0.3) is 10.9 Å². The minimum atomic E-state index is -1.06. The van der Waals surface area contributed by atoms with Crippen molar-refractivity contribution in [2.75, 3.05) is 26.3 Å². The van der Waals surface area contributed by atoms with E-state index in [1.807, 2.05) is 41.8 Å². The molecule has 1 aromatic heterocycles. The number of benzene rings is 2. The number of rotatable bonds is 7. The number of H-pyrrole nitrogens is 1. The first-order valence-corrected chi connectivity index (χ1v) is 14.1. The number of aromatic amines is 1. The van der Waals surface area contributed by atoms with Crippen LogP contribution >= 0.6 is 0 Å². The fraction of sp³-hybridized carbons (Fsp3) is 0.484. The second-order valence-electron chi connectivity index (χ2n) is 10.9. The molecule has 0 spiro atoms. The number of nitrogens with zero attached hydrogens (tertiary/aromatic N) is 2. The van der Waals surface area contributed by atoms with Crippen molar-refractivity contribution in [3.63, 3.8) is 0 Å². The van der Waals surface area contributed by atoms with Gasteiger partial charge in [0.2, 0.25) is 5.91 Å². The van der Waals surface area contributed by atoms with E-state index in [0.717, 1.165) is 65.6 Å². The highest BCUT2D eigenvalue weighted by atomic mass is 16.5. The van der Waals surface area contributed by atoms with Gasteiger partial charge in [0.25, 0.3) is 5.91 Å². The number of para-hydroxylation sites is 1. The molecule has 2 aliphatic heterocycles. The summed E-state index contributed by atoms with van der Waals surface area (Å²) in [6.45, 7) is 7.74. The highest BCUT2D eigenvalue weighted by Gasteiger charge is 2.57. The molecule has 200 valence electrons. The average molecular weight is 516 g/mol. The molecule has 1 saturated carbocycles. The van der Waals surface area contributed by atoms with Gasteiger partial charge in [-0.25, -0.2) is 0 Å². The first-order valence-electron chi connectivity index (χ1n) is 14.1. The van der Waals surface area contributed by atoms with E-state index in [2.05, 4.69) is 36.2 Å². The van der Waals surface area contributed by atoms with Gasteiger partial charge >= 0.3 is 0 Å². The summed E-state index contributed by atoms with van der Waals surface area (Å²) in [5, 5.41) is 1.09. The monoisotopic (exact) mass is 515 g/mol. The predicted octanol–water partition coefficient (Wildman–Crippen LogP) is 5.33. The number of nitrogens with one attached hydrogen (secondary N) is 1. The summed E-state index contributed by atoms with van der Waals surface area (Å²) in [6, 6.07) is 14.5. The summed E-state index contributed by atoms with van der Waals surface area (Å²) < 4.78 is 11.9. The molecular weight excluding hydrogens is 478 g/mol. The fourth-order valence-electron chi connectivity index (χ4n) is 6.78. The fourth-order valence-corrected chi connectivity index (χ4v) is 6.78. The molecule has 2 atom stereocenters. The standard InChI is InChI=1S/C31H37N3O4/c1-4-16-38-25-15-14-20(17-26(25)37-5-2)23-18-34-27(35)19-33(21-10-6-7-11-21)30(36)31(34,3)29-28(23)22-12-8-9-13-24(22)32-29/h8-9,12-15,17,21,23,32H,4-7,10-11,16,18-19H2,1-3H3/t23?,31-/m0/s1.